The van der Waals surface area contributed by atoms with Gasteiger partial charge in [0.15, 0.2) is 0 Å². The minimum Gasteiger partial charge on any atom is -0.744 e. The van der Waals surface area contributed by atoms with E-state index in [-0.39, 0.29) is 10.9 Å². The van der Waals surface area contributed by atoms with E-state index in [9.17, 15) is 17.8 Å². The number of unbranched alkanes of at least 4 members (excludes halogenated alkanes) is 1. The van der Waals surface area contributed by atoms with Crippen LogP contribution in [0.4, 0.5) is 0 Å². The van der Waals surface area contributed by atoms with Crippen molar-refractivity contribution in [2.45, 2.75) is 31.6 Å². The Labute approximate surface area is 151 Å². The second-order valence-corrected chi connectivity index (χ2v) is 8.04. The predicted molar refractivity (Wildman–Crippen MR) is 97.0 cm³/mol. The molecule has 1 aromatic rings. The number of quaternary nitrogens is 1. The molecule has 0 saturated carbocycles. The van der Waals surface area contributed by atoms with Crippen LogP contribution < -0.4 is 0 Å². The summed E-state index contributed by atoms with van der Waals surface area (Å²) in [6.45, 7) is 5.27. The minimum atomic E-state index is -4.27. The Balaban J connectivity index is 0.000000472. The van der Waals surface area contributed by atoms with E-state index in [1.165, 1.54) is 18.2 Å². The average molecular weight is 371 g/mol. The first-order chi connectivity index (χ1) is 11.5. The number of hydrogen-bond acceptors (Lipinski definition) is 5. The number of ether oxygens (including phenoxy) is 1. The molecule has 1 aromatic carbocycles. The largest absolute Gasteiger partial charge is 0.744 e. The van der Waals surface area contributed by atoms with Gasteiger partial charge in [-0.05, 0) is 38.8 Å². The molecule has 0 radical (unpaired) electrons. The summed E-state index contributed by atoms with van der Waals surface area (Å²) in [6, 6.07) is 5.78. The van der Waals surface area contributed by atoms with Gasteiger partial charge in [-0.2, -0.15) is 0 Å². The second-order valence-electron chi connectivity index (χ2n) is 6.66. The third-order valence-electron chi connectivity index (χ3n) is 3.08. The lowest BCUT2D eigenvalue weighted by molar-refractivity contribution is -0.870. The van der Waals surface area contributed by atoms with Crippen LogP contribution in [0.2, 0.25) is 0 Å². The number of rotatable bonds is 7. The quantitative estimate of drug-likeness (QED) is 0.242. The van der Waals surface area contributed by atoms with Gasteiger partial charge in [0.25, 0.3) is 0 Å². The summed E-state index contributed by atoms with van der Waals surface area (Å²) in [7, 11) is 2.21. The maximum atomic E-state index is 10.9. The lowest BCUT2D eigenvalue weighted by Crippen LogP contribution is -2.35. The number of carbonyl (C=O) groups excluding carboxylic acids is 1. The van der Waals surface area contributed by atoms with Crippen LogP contribution in [-0.2, 0) is 19.6 Å². The van der Waals surface area contributed by atoms with E-state index >= 15 is 0 Å². The molecule has 0 spiro atoms. The molecule has 0 N–H and O–H groups in total. The smallest absolute Gasteiger partial charge is 0.330 e. The van der Waals surface area contributed by atoms with Crippen molar-refractivity contribution in [2.75, 3.05) is 34.3 Å². The molecular formula is C18H29NO5S. The Morgan fingerprint density at radius 1 is 1.16 bits per heavy atom. The average Bonchev–Trinajstić information content (AvgIpc) is 2.46. The standard InChI is InChI=1S/C11H22NO2.C7H8O3S/c1-5-8-11(13)14-10-7-6-9-12(2,3)4;1-6-2-4-7(5-3-6)11(8,9)10/h5,8H,6-7,9-10H2,1-4H3;2-5H,1H3,(H,8,9,10)/q+1;/p-1. The number of hydrogen-bond donors (Lipinski definition) is 0. The molecule has 1 rings (SSSR count). The third-order valence-corrected chi connectivity index (χ3v) is 3.93. The van der Waals surface area contributed by atoms with E-state index < -0.39 is 10.1 Å². The van der Waals surface area contributed by atoms with Crippen LogP contribution in [0.25, 0.3) is 0 Å². The van der Waals surface area contributed by atoms with Gasteiger partial charge in [-0.15, -0.1) is 0 Å². The second kappa shape index (κ2) is 11.0. The molecule has 0 fully saturated rings. The summed E-state index contributed by atoms with van der Waals surface area (Å²) < 4.78 is 37.1. The molecule has 25 heavy (non-hydrogen) atoms. The van der Waals surface area contributed by atoms with Gasteiger partial charge >= 0.3 is 5.97 Å². The van der Waals surface area contributed by atoms with E-state index in [0.29, 0.717) is 6.61 Å². The molecule has 0 bridgehead atoms. The molecule has 7 heteroatoms. The van der Waals surface area contributed by atoms with Crippen molar-refractivity contribution in [1.82, 2.24) is 0 Å². The number of benzene rings is 1. The van der Waals surface area contributed by atoms with Crippen molar-refractivity contribution < 1.29 is 27.0 Å². The van der Waals surface area contributed by atoms with Crippen LogP contribution in [-0.4, -0.2) is 57.7 Å². The summed E-state index contributed by atoms with van der Waals surface area (Å²) in [5.74, 6) is -0.238. The van der Waals surface area contributed by atoms with Crippen molar-refractivity contribution >= 4 is 16.1 Å². The highest BCUT2D eigenvalue weighted by atomic mass is 32.2. The van der Waals surface area contributed by atoms with Gasteiger partial charge in [-0.25, -0.2) is 13.2 Å². The molecule has 0 atom stereocenters. The zero-order valence-electron chi connectivity index (χ0n) is 15.7. The summed E-state index contributed by atoms with van der Waals surface area (Å²) >= 11 is 0. The molecule has 0 amide bonds. The van der Waals surface area contributed by atoms with Gasteiger partial charge < -0.3 is 13.8 Å². The maximum absolute atomic E-state index is 10.9. The van der Waals surface area contributed by atoms with Crippen LogP contribution in [0.3, 0.4) is 0 Å². The monoisotopic (exact) mass is 371 g/mol. The van der Waals surface area contributed by atoms with Crippen molar-refractivity contribution in [2.24, 2.45) is 0 Å². The van der Waals surface area contributed by atoms with E-state index in [4.69, 9.17) is 4.74 Å². The van der Waals surface area contributed by atoms with Gasteiger partial charge in [-0.1, -0.05) is 23.8 Å². The Morgan fingerprint density at radius 3 is 2.16 bits per heavy atom. The van der Waals surface area contributed by atoms with E-state index in [1.807, 2.05) is 6.92 Å². The molecule has 0 unspecified atom stereocenters. The molecule has 0 aromatic heterocycles. The van der Waals surface area contributed by atoms with Gasteiger partial charge in [-0.3, -0.25) is 0 Å². The SMILES string of the molecule is CC=CC(=O)OCCCC[N+](C)(C)C.Cc1ccc(S(=O)(=O)[O-])cc1. The van der Waals surface area contributed by atoms with E-state index in [1.54, 1.807) is 25.1 Å². The first kappa shape index (κ1) is 23.3. The topological polar surface area (TPSA) is 83.5 Å². The lowest BCUT2D eigenvalue weighted by Gasteiger charge is -2.23. The molecule has 0 aliphatic carbocycles. The molecule has 0 aliphatic rings. The highest BCUT2D eigenvalue weighted by molar-refractivity contribution is 7.85. The normalized spacial score (nSPS) is 11.8. The van der Waals surface area contributed by atoms with Gasteiger partial charge in [0.2, 0.25) is 0 Å². The fourth-order valence-electron chi connectivity index (χ4n) is 1.75. The van der Waals surface area contributed by atoms with E-state index in [2.05, 4.69) is 21.1 Å². The van der Waals surface area contributed by atoms with E-state index in [0.717, 1.165) is 29.4 Å². The van der Waals surface area contributed by atoms with Crippen molar-refractivity contribution in [1.29, 1.82) is 0 Å². The van der Waals surface area contributed by atoms with Crippen LogP contribution in [0.1, 0.15) is 25.3 Å². The molecule has 142 valence electrons. The van der Waals surface area contributed by atoms with Crippen molar-refractivity contribution in [3.05, 3.63) is 42.0 Å². The van der Waals surface area contributed by atoms with Crippen LogP contribution >= 0.6 is 0 Å². The third kappa shape index (κ3) is 13.3. The highest BCUT2D eigenvalue weighted by Gasteiger charge is 2.05. The highest BCUT2D eigenvalue weighted by Crippen LogP contribution is 2.08. The predicted octanol–water partition coefficient (Wildman–Crippen LogP) is 2.49. The number of allylic oxidation sites excluding steroid dienone is 1. The van der Waals surface area contributed by atoms with Crippen LogP contribution in [0, 0.1) is 6.92 Å². The molecule has 6 nitrogen and oxygen atoms in total. The maximum Gasteiger partial charge on any atom is 0.330 e. The molecule has 0 saturated heterocycles. The van der Waals surface area contributed by atoms with Crippen molar-refractivity contribution in [3.63, 3.8) is 0 Å². The zero-order valence-corrected chi connectivity index (χ0v) is 16.5. The molecular weight excluding hydrogens is 342 g/mol. The zero-order chi connectivity index (χ0) is 19.5. The van der Waals surface area contributed by atoms with Gasteiger partial charge in [0, 0.05) is 6.08 Å². The van der Waals surface area contributed by atoms with Crippen LogP contribution in [0.5, 0.6) is 0 Å². The minimum absolute atomic E-state index is 0.178. The van der Waals surface area contributed by atoms with Crippen LogP contribution in [0.15, 0.2) is 41.3 Å². The summed E-state index contributed by atoms with van der Waals surface area (Å²) in [5.41, 5.74) is 0.928. The molecule has 0 heterocycles. The fraction of sp³-hybridized carbons (Fsp3) is 0.500. The number of aryl methyl sites for hydroxylation is 1. The number of nitrogens with zero attached hydrogens (tertiary/aromatic N) is 1. The fourth-order valence-corrected chi connectivity index (χ4v) is 2.22. The summed E-state index contributed by atoms with van der Waals surface area (Å²) in [5, 5.41) is 0. The van der Waals surface area contributed by atoms with Crippen molar-refractivity contribution in [3.8, 4) is 0 Å². The summed E-state index contributed by atoms with van der Waals surface area (Å²) in [4.78, 5) is 10.7. The molecule has 0 aliphatic heterocycles. The Morgan fingerprint density at radius 2 is 1.72 bits per heavy atom. The lowest BCUT2D eigenvalue weighted by atomic mass is 10.2. The Kier molecular flexibility index (Phi) is 10.3. The first-order valence-corrected chi connectivity index (χ1v) is 9.49. The number of esters is 1. The van der Waals surface area contributed by atoms with Gasteiger partial charge in [0.1, 0.15) is 10.1 Å². The Hall–Kier alpha value is -1.70. The summed E-state index contributed by atoms with van der Waals surface area (Å²) in [6.07, 6.45) is 5.17. The van der Waals surface area contributed by atoms with Gasteiger partial charge in [0.05, 0.1) is 39.2 Å². The number of carbonyl (C=O) groups is 1. The first-order valence-electron chi connectivity index (χ1n) is 8.08. The Bertz CT molecular complexity index is 643.